The van der Waals surface area contributed by atoms with Crippen molar-refractivity contribution < 1.29 is 4.39 Å². The van der Waals surface area contributed by atoms with Crippen molar-refractivity contribution >= 4 is 11.4 Å². The van der Waals surface area contributed by atoms with E-state index in [1.807, 2.05) is 4.90 Å². The van der Waals surface area contributed by atoms with E-state index >= 15 is 0 Å². The fourth-order valence-corrected chi connectivity index (χ4v) is 3.30. The van der Waals surface area contributed by atoms with E-state index in [9.17, 15) is 9.18 Å². The molecule has 3 aromatic rings. The Labute approximate surface area is 150 Å². The summed E-state index contributed by atoms with van der Waals surface area (Å²) in [5.41, 5.74) is 3.08. The van der Waals surface area contributed by atoms with Gasteiger partial charge in [0.15, 0.2) is 0 Å². The molecule has 134 valence electrons. The number of aromatic amines is 1. The maximum atomic E-state index is 14.6. The molecule has 2 aromatic carbocycles. The molecule has 1 aliphatic rings. The van der Waals surface area contributed by atoms with E-state index in [2.05, 4.69) is 46.3 Å². The molecule has 0 amide bonds. The summed E-state index contributed by atoms with van der Waals surface area (Å²) in [5, 5.41) is 5.98. The molecule has 1 aromatic heterocycles. The van der Waals surface area contributed by atoms with Crippen LogP contribution in [0.5, 0.6) is 0 Å². The average Bonchev–Trinajstić information content (AvgIpc) is 3.08. The van der Waals surface area contributed by atoms with Gasteiger partial charge >= 0.3 is 5.69 Å². The maximum absolute atomic E-state index is 14.6. The van der Waals surface area contributed by atoms with Crippen molar-refractivity contribution in [3.05, 3.63) is 70.7 Å². The minimum atomic E-state index is -0.385. The van der Waals surface area contributed by atoms with Crippen molar-refractivity contribution in [2.75, 3.05) is 36.0 Å². The number of piperazine rings is 1. The molecule has 7 heteroatoms. The molecule has 6 nitrogen and oxygen atoms in total. The van der Waals surface area contributed by atoms with Gasteiger partial charge in [-0.3, -0.25) is 0 Å². The lowest BCUT2D eigenvalue weighted by atomic mass is 10.2. The number of hydrogen-bond donors (Lipinski definition) is 1. The molecule has 0 radical (unpaired) electrons. The average molecular weight is 353 g/mol. The van der Waals surface area contributed by atoms with E-state index in [0.29, 0.717) is 11.4 Å². The zero-order valence-corrected chi connectivity index (χ0v) is 14.5. The Hall–Kier alpha value is -3.09. The summed E-state index contributed by atoms with van der Waals surface area (Å²) in [7, 11) is 0. The lowest BCUT2D eigenvalue weighted by Gasteiger charge is -2.37. The maximum Gasteiger partial charge on any atom is 0.347 e. The predicted molar refractivity (Wildman–Crippen MR) is 99.7 cm³/mol. The Morgan fingerprint density at radius 3 is 2.23 bits per heavy atom. The molecule has 0 aliphatic carbocycles. The van der Waals surface area contributed by atoms with Gasteiger partial charge < -0.3 is 9.80 Å². The number of benzene rings is 2. The Bertz CT molecular complexity index is 955. The fourth-order valence-electron chi connectivity index (χ4n) is 3.30. The highest BCUT2D eigenvalue weighted by molar-refractivity contribution is 5.55. The van der Waals surface area contributed by atoms with Crippen molar-refractivity contribution in [2.45, 2.75) is 6.92 Å². The van der Waals surface area contributed by atoms with Crippen LogP contribution in [0.2, 0.25) is 0 Å². The number of nitrogens with zero attached hydrogens (tertiary/aromatic N) is 4. The minimum Gasteiger partial charge on any atom is -0.368 e. The van der Waals surface area contributed by atoms with E-state index in [-0.39, 0.29) is 11.5 Å². The van der Waals surface area contributed by atoms with E-state index in [0.717, 1.165) is 26.2 Å². The second kappa shape index (κ2) is 6.67. The number of halogens is 1. The van der Waals surface area contributed by atoms with Gasteiger partial charge in [-0.15, -0.1) is 0 Å². The first-order valence-electron chi connectivity index (χ1n) is 8.60. The first-order valence-corrected chi connectivity index (χ1v) is 8.60. The van der Waals surface area contributed by atoms with Gasteiger partial charge in [0.1, 0.15) is 12.1 Å². The van der Waals surface area contributed by atoms with E-state index in [1.165, 1.54) is 28.2 Å². The summed E-state index contributed by atoms with van der Waals surface area (Å²) in [6.07, 6.45) is 1.34. The quantitative estimate of drug-likeness (QED) is 0.785. The molecule has 0 unspecified atom stereocenters. The Morgan fingerprint density at radius 1 is 0.962 bits per heavy atom. The molecule has 0 spiro atoms. The lowest BCUT2D eigenvalue weighted by Crippen LogP contribution is -2.46. The van der Waals surface area contributed by atoms with Gasteiger partial charge in [-0.2, -0.15) is 5.10 Å². The predicted octanol–water partition coefficient (Wildman–Crippen LogP) is 2.33. The van der Waals surface area contributed by atoms with Crippen molar-refractivity contribution in [1.29, 1.82) is 0 Å². The number of nitrogens with one attached hydrogen (secondary N) is 1. The highest BCUT2D eigenvalue weighted by Crippen LogP contribution is 2.25. The first-order chi connectivity index (χ1) is 12.6. The standard InChI is InChI=1S/C19H20FN5O/c1-14-2-4-15(5-3-14)23-8-10-24(11-9-23)18-7-6-16(12-17(18)20)25-13-21-22-19(25)26/h2-7,12-13H,8-11H2,1H3,(H,22,26). The zero-order valence-electron chi connectivity index (χ0n) is 14.5. The number of hydrogen-bond acceptors (Lipinski definition) is 4. The third kappa shape index (κ3) is 3.08. The van der Waals surface area contributed by atoms with Gasteiger partial charge in [-0.05, 0) is 31.2 Å². The third-order valence-corrected chi connectivity index (χ3v) is 4.78. The van der Waals surface area contributed by atoms with Gasteiger partial charge in [0.2, 0.25) is 0 Å². The van der Waals surface area contributed by atoms with Crippen LogP contribution in [-0.2, 0) is 0 Å². The highest BCUT2D eigenvalue weighted by Gasteiger charge is 2.20. The molecule has 2 heterocycles. The van der Waals surface area contributed by atoms with Gasteiger partial charge in [-0.25, -0.2) is 18.9 Å². The first kappa shape index (κ1) is 16.4. The molecular formula is C19H20FN5O. The van der Waals surface area contributed by atoms with Gasteiger partial charge in [-0.1, -0.05) is 17.7 Å². The summed E-state index contributed by atoms with van der Waals surface area (Å²) in [5.74, 6) is -0.334. The summed E-state index contributed by atoms with van der Waals surface area (Å²) >= 11 is 0. The molecule has 1 N–H and O–H groups in total. The van der Waals surface area contributed by atoms with Crippen molar-refractivity contribution in [1.82, 2.24) is 14.8 Å². The second-order valence-electron chi connectivity index (χ2n) is 6.48. The van der Waals surface area contributed by atoms with Crippen LogP contribution in [-0.4, -0.2) is 40.9 Å². The van der Waals surface area contributed by atoms with Gasteiger partial charge in [0.05, 0.1) is 11.4 Å². The lowest BCUT2D eigenvalue weighted by molar-refractivity contribution is 0.597. The van der Waals surface area contributed by atoms with Crippen LogP contribution in [0.1, 0.15) is 5.56 Å². The number of anilines is 2. The van der Waals surface area contributed by atoms with Crippen molar-refractivity contribution in [3.8, 4) is 5.69 Å². The third-order valence-electron chi connectivity index (χ3n) is 4.78. The molecule has 0 atom stereocenters. The molecule has 0 saturated carbocycles. The monoisotopic (exact) mass is 353 g/mol. The SMILES string of the molecule is Cc1ccc(N2CCN(c3ccc(-n4cn[nH]c4=O)cc3F)CC2)cc1. The largest absolute Gasteiger partial charge is 0.368 e. The normalized spacial score (nSPS) is 14.7. The van der Waals surface area contributed by atoms with E-state index < -0.39 is 0 Å². The topological polar surface area (TPSA) is 57.2 Å². The second-order valence-corrected chi connectivity index (χ2v) is 6.48. The summed E-state index contributed by atoms with van der Waals surface area (Å²) in [6, 6.07) is 13.3. The number of aromatic nitrogens is 3. The van der Waals surface area contributed by atoms with Crippen LogP contribution in [0.25, 0.3) is 5.69 Å². The summed E-state index contributed by atoms with van der Waals surface area (Å²) in [4.78, 5) is 16.0. The number of rotatable bonds is 3. The number of aryl methyl sites for hydroxylation is 1. The molecule has 1 aliphatic heterocycles. The molecule has 1 fully saturated rings. The van der Waals surface area contributed by atoms with Crippen LogP contribution >= 0.6 is 0 Å². The van der Waals surface area contributed by atoms with Gasteiger partial charge in [0, 0.05) is 37.9 Å². The van der Waals surface area contributed by atoms with Crippen LogP contribution in [0.15, 0.2) is 53.6 Å². The summed E-state index contributed by atoms with van der Waals surface area (Å²) in [6.45, 7) is 5.24. The molecule has 0 bridgehead atoms. The molecule has 1 saturated heterocycles. The summed E-state index contributed by atoms with van der Waals surface area (Å²) < 4.78 is 15.9. The number of H-pyrrole nitrogens is 1. The Morgan fingerprint density at radius 2 is 1.62 bits per heavy atom. The molecular weight excluding hydrogens is 333 g/mol. The van der Waals surface area contributed by atoms with E-state index in [1.54, 1.807) is 12.1 Å². The van der Waals surface area contributed by atoms with Crippen LogP contribution in [0.3, 0.4) is 0 Å². The van der Waals surface area contributed by atoms with Crippen LogP contribution in [0, 0.1) is 12.7 Å². The molecule has 26 heavy (non-hydrogen) atoms. The zero-order chi connectivity index (χ0) is 18.1. The Balaban J connectivity index is 1.48. The van der Waals surface area contributed by atoms with E-state index in [4.69, 9.17) is 0 Å². The smallest absolute Gasteiger partial charge is 0.347 e. The highest BCUT2D eigenvalue weighted by atomic mass is 19.1. The Kier molecular flexibility index (Phi) is 4.20. The van der Waals surface area contributed by atoms with Crippen molar-refractivity contribution in [3.63, 3.8) is 0 Å². The van der Waals surface area contributed by atoms with Crippen LogP contribution < -0.4 is 15.5 Å². The minimum absolute atomic E-state index is 0.334. The fraction of sp³-hybridized carbons (Fsp3) is 0.263. The molecule has 4 rings (SSSR count). The van der Waals surface area contributed by atoms with Crippen molar-refractivity contribution in [2.24, 2.45) is 0 Å². The van der Waals surface area contributed by atoms with Gasteiger partial charge in [0.25, 0.3) is 0 Å². The van der Waals surface area contributed by atoms with Crippen LogP contribution in [0.4, 0.5) is 15.8 Å².